The van der Waals surface area contributed by atoms with Gasteiger partial charge in [0.05, 0.1) is 7.11 Å². The van der Waals surface area contributed by atoms with E-state index >= 15 is 0 Å². The van der Waals surface area contributed by atoms with E-state index in [9.17, 15) is 0 Å². The molecule has 213 valence electrons. The predicted octanol–water partition coefficient (Wildman–Crippen LogP) is 8.28. The van der Waals surface area contributed by atoms with Gasteiger partial charge >= 0.3 is 0 Å². The predicted molar refractivity (Wildman–Crippen MR) is 166 cm³/mol. The van der Waals surface area contributed by atoms with Crippen molar-refractivity contribution in [3.05, 3.63) is 136 Å². The van der Waals surface area contributed by atoms with Gasteiger partial charge in [-0.3, -0.25) is 0 Å². The van der Waals surface area contributed by atoms with Gasteiger partial charge in [-0.2, -0.15) is 0 Å². The molecular formula is C34H50O4Y. The zero-order valence-electron chi connectivity index (χ0n) is 24.6. The maximum atomic E-state index is 5.83. The van der Waals surface area contributed by atoms with Crippen LogP contribution >= 0.6 is 0 Å². The number of hydrogen-bond donors (Lipinski definition) is 0. The number of allylic oxidation sites excluding steroid dienone is 3. The van der Waals surface area contributed by atoms with Crippen LogP contribution in [0.15, 0.2) is 103 Å². The van der Waals surface area contributed by atoms with Crippen molar-refractivity contribution in [2.24, 2.45) is 0 Å². The Morgan fingerprint density at radius 3 is 1.36 bits per heavy atom. The standard InChI is InChI=1S/C17H22O2.2C8H10.CH4.2H2O.Y/c1-7-16(18-6)14(4)11-15(5)19-17-12(2)9-8-10-13(17)3;2*1-7-4-3-5-8(2)6-7;;;;/h7-11H,5H2,1-4,6H3;2*3-6H,1-2H3;1H4;2*1H2;/b14-11-,16-7-;;;;;;. The van der Waals surface area contributed by atoms with Crippen LogP contribution in [0.4, 0.5) is 0 Å². The van der Waals surface area contributed by atoms with Crippen molar-refractivity contribution in [2.45, 2.75) is 62.8 Å². The van der Waals surface area contributed by atoms with E-state index in [0.29, 0.717) is 5.76 Å². The molecule has 1 radical (unpaired) electrons. The number of ether oxygens (including phenoxy) is 2. The minimum Gasteiger partial charge on any atom is -0.497 e. The first-order chi connectivity index (χ1) is 16.6. The third-order valence-electron chi connectivity index (χ3n) is 5.24. The first-order valence-corrected chi connectivity index (χ1v) is 12.0. The van der Waals surface area contributed by atoms with E-state index in [4.69, 9.17) is 9.47 Å². The smallest absolute Gasteiger partial charge is 0.133 e. The molecule has 3 aromatic rings. The fourth-order valence-corrected chi connectivity index (χ4v) is 3.55. The zero-order valence-corrected chi connectivity index (χ0v) is 27.4. The summed E-state index contributed by atoms with van der Waals surface area (Å²) in [6, 6.07) is 23.0. The Bertz CT molecular complexity index is 1070. The van der Waals surface area contributed by atoms with Crippen LogP contribution in [-0.2, 0) is 37.4 Å². The summed E-state index contributed by atoms with van der Waals surface area (Å²) < 4.78 is 11.1. The average molecular weight is 612 g/mol. The Balaban J connectivity index is -0.000000257. The molecule has 4 nitrogen and oxygen atoms in total. The van der Waals surface area contributed by atoms with Gasteiger partial charge in [0.2, 0.25) is 0 Å². The maximum absolute atomic E-state index is 5.83. The number of methoxy groups -OCH3 is 1. The summed E-state index contributed by atoms with van der Waals surface area (Å²) in [6.07, 6.45) is 3.79. The van der Waals surface area contributed by atoms with Crippen molar-refractivity contribution in [3.8, 4) is 5.75 Å². The molecule has 0 amide bonds. The van der Waals surface area contributed by atoms with Gasteiger partial charge in [-0.05, 0) is 84.2 Å². The van der Waals surface area contributed by atoms with Crippen molar-refractivity contribution in [1.29, 1.82) is 0 Å². The first-order valence-electron chi connectivity index (χ1n) is 12.0. The van der Waals surface area contributed by atoms with E-state index in [-0.39, 0.29) is 51.1 Å². The third kappa shape index (κ3) is 17.7. The summed E-state index contributed by atoms with van der Waals surface area (Å²) in [5, 5.41) is 0. The van der Waals surface area contributed by atoms with Gasteiger partial charge in [-0.1, -0.05) is 103 Å². The van der Waals surface area contributed by atoms with E-state index in [1.165, 1.54) is 22.3 Å². The summed E-state index contributed by atoms with van der Waals surface area (Å²) in [6.45, 7) is 20.3. The molecule has 5 heteroatoms. The van der Waals surface area contributed by atoms with E-state index in [2.05, 4.69) is 82.8 Å². The van der Waals surface area contributed by atoms with Crippen molar-refractivity contribution in [2.75, 3.05) is 7.11 Å². The van der Waals surface area contributed by atoms with E-state index in [1.54, 1.807) is 7.11 Å². The minimum absolute atomic E-state index is 0. The van der Waals surface area contributed by atoms with Crippen LogP contribution in [0, 0.1) is 41.5 Å². The maximum Gasteiger partial charge on any atom is 0.133 e. The molecule has 0 fully saturated rings. The second-order valence-corrected chi connectivity index (χ2v) is 8.79. The fraction of sp³-hybridized carbons (Fsp3) is 0.294. The Morgan fingerprint density at radius 1 is 0.718 bits per heavy atom. The van der Waals surface area contributed by atoms with Crippen molar-refractivity contribution in [3.63, 3.8) is 0 Å². The quantitative estimate of drug-likeness (QED) is 0.215. The summed E-state index contributed by atoms with van der Waals surface area (Å²) in [5.41, 5.74) is 8.54. The van der Waals surface area contributed by atoms with E-state index in [1.807, 2.05) is 58.0 Å². The Hall–Kier alpha value is -2.50. The molecule has 0 atom stereocenters. The number of para-hydroxylation sites is 1. The Labute approximate surface area is 263 Å². The van der Waals surface area contributed by atoms with Gasteiger partial charge in [0.15, 0.2) is 0 Å². The third-order valence-corrected chi connectivity index (χ3v) is 5.24. The van der Waals surface area contributed by atoms with E-state index in [0.717, 1.165) is 28.2 Å². The molecule has 0 bridgehead atoms. The Kier molecular flexibility index (Phi) is 26.1. The summed E-state index contributed by atoms with van der Waals surface area (Å²) in [5.74, 6) is 2.30. The van der Waals surface area contributed by atoms with Gasteiger partial charge in [0.25, 0.3) is 0 Å². The van der Waals surface area contributed by atoms with Gasteiger partial charge in [0.1, 0.15) is 17.3 Å². The molecule has 0 aliphatic carbocycles. The molecule has 0 aliphatic heterocycles. The molecule has 0 spiro atoms. The fourth-order valence-electron chi connectivity index (χ4n) is 3.55. The second kappa shape index (κ2) is 23.4. The van der Waals surface area contributed by atoms with Crippen LogP contribution in [0.3, 0.4) is 0 Å². The zero-order chi connectivity index (χ0) is 26.4. The largest absolute Gasteiger partial charge is 0.497 e. The Morgan fingerprint density at radius 2 is 1.08 bits per heavy atom. The normalized spacial score (nSPS) is 9.77. The van der Waals surface area contributed by atoms with Gasteiger partial charge in [0, 0.05) is 32.7 Å². The second-order valence-electron chi connectivity index (χ2n) is 8.79. The van der Waals surface area contributed by atoms with Crippen LogP contribution in [0.2, 0.25) is 0 Å². The molecule has 39 heavy (non-hydrogen) atoms. The molecule has 3 rings (SSSR count). The molecule has 0 heterocycles. The van der Waals surface area contributed by atoms with Crippen LogP contribution < -0.4 is 4.74 Å². The molecule has 4 N–H and O–H groups in total. The van der Waals surface area contributed by atoms with Crippen LogP contribution in [-0.4, -0.2) is 18.1 Å². The van der Waals surface area contributed by atoms with Crippen LogP contribution in [0.25, 0.3) is 0 Å². The van der Waals surface area contributed by atoms with Gasteiger partial charge in [-0.25, -0.2) is 0 Å². The summed E-state index contributed by atoms with van der Waals surface area (Å²) in [4.78, 5) is 0. The van der Waals surface area contributed by atoms with Crippen molar-refractivity contribution < 1.29 is 53.1 Å². The average Bonchev–Trinajstić information content (AvgIpc) is 2.78. The number of aryl methyl sites for hydroxylation is 6. The molecule has 0 aromatic heterocycles. The molecular weight excluding hydrogens is 561 g/mol. The number of rotatable bonds is 5. The summed E-state index contributed by atoms with van der Waals surface area (Å²) >= 11 is 0. The topological polar surface area (TPSA) is 81.5 Å². The molecule has 0 aliphatic rings. The molecule has 0 saturated carbocycles. The van der Waals surface area contributed by atoms with E-state index < -0.39 is 0 Å². The number of benzene rings is 3. The SMILES string of the molecule is C.C=C(/C=C(C)\C(=C\C)OC)Oc1c(C)cccc1C.Cc1cccc(C)c1.Cc1cccc(C)c1.O.O.[Y]. The molecule has 0 saturated heterocycles. The number of hydrogen-bond acceptors (Lipinski definition) is 2. The van der Waals surface area contributed by atoms with Crippen LogP contribution in [0.1, 0.15) is 54.7 Å². The van der Waals surface area contributed by atoms with Crippen molar-refractivity contribution in [1.82, 2.24) is 0 Å². The van der Waals surface area contributed by atoms with Crippen LogP contribution in [0.5, 0.6) is 5.75 Å². The van der Waals surface area contributed by atoms with Gasteiger partial charge in [-0.15, -0.1) is 0 Å². The first kappa shape index (κ1) is 43.6. The minimum atomic E-state index is 0. The van der Waals surface area contributed by atoms with Gasteiger partial charge < -0.3 is 20.4 Å². The summed E-state index contributed by atoms with van der Waals surface area (Å²) in [7, 11) is 1.65. The van der Waals surface area contributed by atoms with Crippen molar-refractivity contribution >= 4 is 0 Å². The molecule has 3 aromatic carbocycles. The monoisotopic (exact) mass is 611 g/mol. The molecule has 0 unspecified atom stereocenters.